The Morgan fingerprint density at radius 3 is 2.57 bits per heavy atom. The maximum absolute atomic E-state index is 9.71. The molecular formula is C17H21N3O. The molecule has 21 heavy (non-hydrogen) atoms. The van der Waals surface area contributed by atoms with Gasteiger partial charge in [-0.2, -0.15) is 0 Å². The highest BCUT2D eigenvalue weighted by Gasteiger charge is 2.12. The van der Waals surface area contributed by atoms with Crippen LogP contribution in [0.1, 0.15) is 24.0 Å². The molecule has 0 saturated carbocycles. The van der Waals surface area contributed by atoms with Crippen molar-refractivity contribution in [1.82, 2.24) is 10.3 Å². The van der Waals surface area contributed by atoms with Crippen LogP contribution in [-0.2, 0) is 13.1 Å². The third kappa shape index (κ3) is 3.52. The first kappa shape index (κ1) is 13.9. The number of anilines is 1. The van der Waals surface area contributed by atoms with E-state index in [0.717, 1.165) is 36.6 Å². The minimum atomic E-state index is 0.340. The van der Waals surface area contributed by atoms with Gasteiger partial charge in [-0.25, -0.2) is 4.98 Å². The summed E-state index contributed by atoms with van der Waals surface area (Å²) in [4.78, 5) is 6.87. The van der Waals surface area contributed by atoms with Gasteiger partial charge in [-0.15, -0.1) is 0 Å². The number of phenols is 1. The first-order valence-electron chi connectivity index (χ1n) is 7.50. The Kier molecular flexibility index (Phi) is 4.36. The van der Waals surface area contributed by atoms with Gasteiger partial charge in [-0.05, 0) is 30.5 Å². The lowest BCUT2D eigenvalue weighted by Crippen LogP contribution is -2.19. The van der Waals surface area contributed by atoms with Gasteiger partial charge in [0.25, 0.3) is 0 Å². The zero-order valence-electron chi connectivity index (χ0n) is 12.1. The summed E-state index contributed by atoms with van der Waals surface area (Å²) in [5, 5.41) is 13.0. The summed E-state index contributed by atoms with van der Waals surface area (Å²) in [6.45, 7) is 3.65. The van der Waals surface area contributed by atoms with Crippen LogP contribution in [0.4, 0.5) is 5.82 Å². The largest absolute Gasteiger partial charge is 0.508 e. The average molecular weight is 283 g/mol. The van der Waals surface area contributed by atoms with Gasteiger partial charge in [0.05, 0.1) is 0 Å². The number of aromatic nitrogens is 1. The summed E-state index contributed by atoms with van der Waals surface area (Å²) in [7, 11) is 0. The summed E-state index contributed by atoms with van der Waals surface area (Å²) < 4.78 is 0. The van der Waals surface area contributed by atoms with Crippen molar-refractivity contribution in [2.75, 3.05) is 18.0 Å². The first-order valence-corrected chi connectivity index (χ1v) is 7.50. The van der Waals surface area contributed by atoms with E-state index in [9.17, 15) is 5.11 Å². The lowest BCUT2D eigenvalue weighted by atomic mass is 10.2. The second-order valence-electron chi connectivity index (χ2n) is 5.45. The number of nitrogens with one attached hydrogen (secondary N) is 1. The number of pyridine rings is 1. The third-order valence-corrected chi connectivity index (χ3v) is 3.88. The molecule has 0 amide bonds. The Balaban J connectivity index is 1.52. The summed E-state index contributed by atoms with van der Waals surface area (Å²) in [5.41, 5.74) is 2.08. The normalized spacial score (nSPS) is 14.6. The van der Waals surface area contributed by atoms with Crippen LogP contribution in [0.3, 0.4) is 0 Å². The monoisotopic (exact) mass is 283 g/mol. The molecule has 0 bridgehead atoms. The van der Waals surface area contributed by atoms with E-state index in [0.29, 0.717) is 12.3 Å². The van der Waals surface area contributed by atoms with E-state index in [2.05, 4.69) is 27.3 Å². The van der Waals surface area contributed by atoms with Crippen LogP contribution < -0.4 is 10.2 Å². The van der Waals surface area contributed by atoms with Gasteiger partial charge in [0.15, 0.2) is 0 Å². The minimum absolute atomic E-state index is 0.340. The molecule has 0 atom stereocenters. The van der Waals surface area contributed by atoms with E-state index in [1.807, 2.05) is 24.4 Å². The Bertz CT molecular complexity index is 577. The Morgan fingerprint density at radius 2 is 1.86 bits per heavy atom. The Labute approximate surface area is 125 Å². The predicted molar refractivity (Wildman–Crippen MR) is 84.3 cm³/mol. The molecule has 110 valence electrons. The average Bonchev–Trinajstić information content (AvgIpc) is 3.04. The van der Waals surface area contributed by atoms with E-state index in [4.69, 9.17) is 0 Å². The number of aromatic hydroxyl groups is 1. The molecule has 0 unspecified atom stereocenters. The lowest BCUT2D eigenvalue weighted by molar-refractivity contribution is 0.464. The number of rotatable bonds is 5. The van der Waals surface area contributed by atoms with Crippen LogP contribution in [0.5, 0.6) is 5.75 Å². The fraction of sp³-hybridized carbons (Fsp3) is 0.353. The van der Waals surface area contributed by atoms with Crippen molar-refractivity contribution in [3.63, 3.8) is 0 Å². The SMILES string of the molecule is Oc1ccccc1CNCc1ccc(N2CCCC2)nc1. The summed E-state index contributed by atoms with van der Waals surface area (Å²) >= 11 is 0. The van der Waals surface area contributed by atoms with Gasteiger partial charge >= 0.3 is 0 Å². The van der Waals surface area contributed by atoms with Gasteiger partial charge in [0.1, 0.15) is 11.6 Å². The molecule has 1 aromatic heterocycles. The lowest BCUT2D eigenvalue weighted by Gasteiger charge is -2.16. The van der Waals surface area contributed by atoms with Crippen molar-refractivity contribution in [3.8, 4) is 5.75 Å². The van der Waals surface area contributed by atoms with Gasteiger partial charge in [-0.1, -0.05) is 24.3 Å². The number of nitrogens with zero attached hydrogens (tertiary/aromatic N) is 2. The first-order chi connectivity index (χ1) is 10.3. The van der Waals surface area contributed by atoms with Gasteiger partial charge in [0.2, 0.25) is 0 Å². The molecule has 0 aliphatic carbocycles. The zero-order valence-corrected chi connectivity index (χ0v) is 12.1. The van der Waals surface area contributed by atoms with E-state index in [1.54, 1.807) is 6.07 Å². The number of hydrogen-bond acceptors (Lipinski definition) is 4. The molecule has 2 N–H and O–H groups in total. The second kappa shape index (κ2) is 6.59. The van der Waals surface area contributed by atoms with Crippen LogP contribution >= 0.6 is 0 Å². The molecule has 2 aromatic rings. The predicted octanol–water partition coefficient (Wildman–Crippen LogP) is 2.68. The summed E-state index contributed by atoms with van der Waals surface area (Å²) in [6.07, 6.45) is 4.47. The molecule has 0 radical (unpaired) electrons. The molecule has 2 heterocycles. The van der Waals surface area contributed by atoms with Crippen LogP contribution in [0.15, 0.2) is 42.6 Å². The van der Waals surface area contributed by atoms with Gasteiger partial charge < -0.3 is 15.3 Å². The Morgan fingerprint density at radius 1 is 1.05 bits per heavy atom. The highest BCUT2D eigenvalue weighted by molar-refractivity contribution is 5.40. The number of para-hydroxylation sites is 1. The van der Waals surface area contributed by atoms with Gasteiger partial charge in [-0.3, -0.25) is 0 Å². The third-order valence-electron chi connectivity index (χ3n) is 3.88. The minimum Gasteiger partial charge on any atom is -0.508 e. The maximum atomic E-state index is 9.71. The summed E-state index contributed by atoms with van der Waals surface area (Å²) in [5.74, 6) is 1.42. The van der Waals surface area contributed by atoms with Crippen molar-refractivity contribution < 1.29 is 5.11 Å². The van der Waals surface area contributed by atoms with Crippen molar-refractivity contribution in [3.05, 3.63) is 53.7 Å². The molecule has 0 spiro atoms. The van der Waals surface area contributed by atoms with E-state index in [1.165, 1.54) is 12.8 Å². The molecule has 4 heteroatoms. The van der Waals surface area contributed by atoms with Crippen LogP contribution in [0, 0.1) is 0 Å². The standard InChI is InChI=1S/C17H21N3O/c21-16-6-2-1-5-15(16)13-18-11-14-7-8-17(19-12-14)20-9-3-4-10-20/h1-2,5-8,12,18,21H,3-4,9-11,13H2. The highest BCUT2D eigenvalue weighted by Crippen LogP contribution is 2.18. The van der Waals surface area contributed by atoms with Crippen molar-refractivity contribution in [2.24, 2.45) is 0 Å². The van der Waals surface area contributed by atoms with Crippen LogP contribution in [0.25, 0.3) is 0 Å². The molecule has 3 rings (SSSR count). The van der Waals surface area contributed by atoms with Crippen molar-refractivity contribution in [1.29, 1.82) is 0 Å². The van der Waals surface area contributed by atoms with Crippen LogP contribution in [0.2, 0.25) is 0 Å². The van der Waals surface area contributed by atoms with Crippen molar-refractivity contribution >= 4 is 5.82 Å². The zero-order chi connectivity index (χ0) is 14.5. The number of hydrogen-bond donors (Lipinski definition) is 2. The second-order valence-corrected chi connectivity index (χ2v) is 5.45. The highest BCUT2D eigenvalue weighted by atomic mass is 16.3. The van der Waals surface area contributed by atoms with E-state index < -0.39 is 0 Å². The quantitative estimate of drug-likeness (QED) is 0.885. The summed E-state index contributed by atoms with van der Waals surface area (Å²) in [6, 6.07) is 11.6. The molecule has 1 aliphatic rings. The Hall–Kier alpha value is -2.07. The number of phenolic OH excluding ortho intramolecular Hbond substituents is 1. The smallest absolute Gasteiger partial charge is 0.128 e. The maximum Gasteiger partial charge on any atom is 0.128 e. The molecule has 1 aliphatic heterocycles. The fourth-order valence-corrected chi connectivity index (χ4v) is 2.66. The molecule has 4 nitrogen and oxygen atoms in total. The van der Waals surface area contributed by atoms with E-state index in [-0.39, 0.29) is 0 Å². The fourth-order valence-electron chi connectivity index (χ4n) is 2.66. The van der Waals surface area contributed by atoms with Crippen LogP contribution in [-0.4, -0.2) is 23.2 Å². The van der Waals surface area contributed by atoms with Crippen molar-refractivity contribution in [2.45, 2.75) is 25.9 Å². The molecule has 1 aromatic carbocycles. The topological polar surface area (TPSA) is 48.4 Å². The molecule has 1 saturated heterocycles. The number of benzene rings is 1. The van der Waals surface area contributed by atoms with Gasteiger partial charge in [0, 0.05) is 37.9 Å². The molecule has 1 fully saturated rings. The molecular weight excluding hydrogens is 262 g/mol. The van der Waals surface area contributed by atoms with E-state index >= 15 is 0 Å².